The van der Waals surface area contributed by atoms with Crippen LogP contribution in [-0.2, 0) is 32.5 Å². The van der Waals surface area contributed by atoms with Crippen LogP contribution in [0.1, 0.15) is 161 Å². The van der Waals surface area contributed by atoms with Crippen LogP contribution in [0.3, 0.4) is 0 Å². The first kappa shape index (κ1) is 42.8. The van der Waals surface area contributed by atoms with Crippen LogP contribution in [0.4, 0.5) is 34.1 Å². The Balaban J connectivity index is 1.19. The van der Waals surface area contributed by atoms with Crippen LogP contribution in [-0.4, -0.2) is 6.71 Å². The molecule has 0 saturated heterocycles. The van der Waals surface area contributed by atoms with E-state index < -0.39 is 0 Å². The topological polar surface area (TPSA) is 19.6 Å². The van der Waals surface area contributed by atoms with Gasteiger partial charge in [-0.1, -0.05) is 119 Å². The number of furan rings is 1. The van der Waals surface area contributed by atoms with Crippen molar-refractivity contribution < 1.29 is 4.42 Å². The van der Waals surface area contributed by atoms with Gasteiger partial charge in [-0.15, -0.1) is 11.3 Å². The standard InChI is InChI=1S/C63H67BN2OS/c1-36-29-49-55-50(30-36)66(47-18-16-20-52-54(47)38-17-14-15-19-51(38)67-52)56-39-32-42-45(63(12,13)28-25-60(42,6)7)35-53(39)68-57(56)64(55)46-33-43-44(62(10,11)27-26-61(43,8)9)34-48(46)65(49)37-21-22-40-41(31-37)59(4,5)24-23-58(40,2)3/h14-22,29-35H,23-28H2,1-13H3. The van der Waals surface area contributed by atoms with Crippen LogP contribution in [0.2, 0.25) is 0 Å². The molecule has 0 saturated carbocycles. The highest BCUT2D eigenvalue weighted by atomic mass is 32.1. The molecule has 5 aliphatic rings. The average Bonchev–Trinajstić information content (AvgIpc) is 3.86. The van der Waals surface area contributed by atoms with E-state index in [4.69, 9.17) is 4.42 Å². The highest BCUT2D eigenvalue weighted by molar-refractivity contribution is 7.33. The van der Waals surface area contributed by atoms with Crippen LogP contribution in [0.15, 0.2) is 101 Å². The van der Waals surface area contributed by atoms with Gasteiger partial charge >= 0.3 is 0 Å². The fourth-order valence-electron chi connectivity index (χ4n) is 13.9. The van der Waals surface area contributed by atoms with Gasteiger partial charge in [0, 0.05) is 43.0 Å². The van der Waals surface area contributed by atoms with Crippen LogP contribution in [0.25, 0.3) is 32.0 Å². The molecule has 3 aliphatic carbocycles. The van der Waals surface area contributed by atoms with Gasteiger partial charge < -0.3 is 14.2 Å². The number of rotatable bonds is 2. The second-order valence-corrected chi connectivity index (χ2v) is 26.9. The molecule has 2 aliphatic heterocycles. The highest BCUT2D eigenvalue weighted by Gasteiger charge is 2.49. The van der Waals surface area contributed by atoms with Crippen LogP contribution >= 0.6 is 11.3 Å². The third-order valence-corrected chi connectivity index (χ3v) is 19.7. The Hall–Kier alpha value is -5.26. The third-order valence-electron chi connectivity index (χ3n) is 18.5. The molecule has 0 radical (unpaired) electrons. The molecule has 5 heteroatoms. The Bertz CT molecular complexity index is 3520. The number of thiophene rings is 1. The van der Waals surface area contributed by atoms with Gasteiger partial charge in [-0.2, -0.15) is 0 Å². The molecule has 0 bridgehead atoms. The van der Waals surface area contributed by atoms with Crippen molar-refractivity contribution in [1.82, 2.24) is 0 Å². The largest absolute Gasteiger partial charge is 0.456 e. The monoisotopic (exact) mass is 911 g/mol. The van der Waals surface area contributed by atoms with E-state index in [1.54, 1.807) is 0 Å². The van der Waals surface area contributed by atoms with Crippen molar-refractivity contribution in [2.75, 3.05) is 9.80 Å². The van der Waals surface area contributed by atoms with Crippen molar-refractivity contribution in [3.05, 3.63) is 136 Å². The molecular weight excluding hydrogens is 844 g/mol. The van der Waals surface area contributed by atoms with E-state index in [1.165, 1.54) is 143 Å². The lowest BCUT2D eigenvalue weighted by Gasteiger charge is -2.47. The molecular formula is C63H67BN2OS. The maximum Gasteiger partial charge on any atom is 0.264 e. The number of hydrogen-bond donors (Lipinski definition) is 0. The summed E-state index contributed by atoms with van der Waals surface area (Å²) in [6.07, 6.45) is 7.12. The number of benzene rings is 6. The first-order valence-corrected chi connectivity index (χ1v) is 26.5. The minimum Gasteiger partial charge on any atom is -0.456 e. The Morgan fingerprint density at radius 1 is 0.471 bits per heavy atom. The molecule has 4 heterocycles. The van der Waals surface area contributed by atoms with Crippen molar-refractivity contribution in [1.29, 1.82) is 0 Å². The maximum atomic E-state index is 6.71. The second-order valence-electron chi connectivity index (χ2n) is 25.8. The van der Waals surface area contributed by atoms with E-state index in [0.717, 1.165) is 16.6 Å². The minimum atomic E-state index is 0.0491. The first-order chi connectivity index (χ1) is 32.1. The van der Waals surface area contributed by atoms with E-state index in [-0.39, 0.29) is 39.2 Å². The molecule has 0 unspecified atom stereocenters. The van der Waals surface area contributed by atoms with Crippen molar-refractivity contribution in [3.8, 4) is 0 Å². The maximum absolute atomic E-state index is 6.71. The summed E-state index contributed by atoms with van der Waals surface area (Å²) in [4.78, 5) is 5.41. The summed E-state index contributed by atoms with van der Waals surface area (Å²) in [5, 5.41) is 3.70. The molecule has 68 heavy (non-hydrogen) atoms. The summed E-state index contributed by atoms with van der Waals surface area (Å²) < 4.78 is 9.55. The highest BCUT2D eigenvalue weighted by Crippen LogP contribution is 2.56. The lowest BCUT2D eigenvalue weighted by atomic mass is 9.35. The van der Waals surface area contributed by atoms with Gasteiger partial charge in [0.25, 0.3) is 6.71 Å². The van der Waals surface area contributed by atoms with E-state index in [2.05, 4.69) is 208 Å². The van der Waals surface area contributed by atoms with Gasteiger partial charge in [-0.05, 0) is 188 Å². The number of fused-ring (bicyclic) bond motifs is 12. The minimum absolute atomic E-state index is 0.0491. The van der Waals surface area contributed by atoms with Gasteiger partial charge in [-0.25, -0.2) is 0 Å². The lowest BCUT2D eigenvalue weighted by molar-refractivity contribution is 0.332. The first-order valence-electron chi connectivity index (χ1n) is 25.7. The summed E-state index contributed by atoms with van der Waals surface area (Å²) in [5.74, 6) is 0. The quantitative estimate of drug-likeness (QED) is 0.161. The number of para-hydroxylation sites is 1. The van der Waals surface area contributed by atoms with Crippen LogP contribution < -0.4 is 25.5 Å². The fraction of sp³-hybridized carbons (Fsp3) is 0.397. The normalized spacial score (nSPS) is 20.7. The van der Waals surface area contributed by atoms with Gasteiger partial charge in [0.05, 0.1) is 16.8 Å². The predicted molar refractivity (Wildman–Crippen MR) is 294 cm³/mol. The molecule has 344 valence electrons. The summed E-state index contributed by atoms with van der Waals surface area (Å²) in [6, 6.07) is 38.6. The Kier molecular flexibility index (Phi) is 8.52. The average molecular weight is 911 g/mol. The predicted octanol–water partition coefficient (Wildman–Crippen LogP) is 16.2. The second kappa shape index (κ2) is 13.5. The van der Waals surface area contributed by atoms with E-state index in [1.807, 2.05) is 0 Å². The Labute approximate surface area is 409 Å². The van der Waals surface area contributed by atoms with Crippen molar-refractivity contribution in [2.45, 2.75) is 161 Å². The molecule has 2 aromatic heterocycles. The van der Waals surface area contributed by atoms with Crippen LogP contribution in [0.5, 0.6) is 0 Å². The van der Waals surface area contributed by atoms with E-state index >= 15 is 0 Å². The molecule has 0 fully saturated rings. The Morgan fingerprint density at radius 3 is 1.68 bits per heavy atom. The van der Waals surface area contributed by atoms with E-state index in [0.29, 0.717) is 0 Å². The molecule has 8 aromatic rings. The SMILES string of the molecule is Cc1cc2c3c(c1)N(c1cccc4oc5ccccc5c14)c1c(sc4cc5c(cc14)C(C)(C)CCC5(C)C)B3c1cc3c(cc1N2c1ccc2c(c1)C(C)(C)CCC2(C)C)C(C)(C)CCC3(C)C. The van der Waals surface area contributed by atoms with Crippen LogP contribution in [0, 0.1) is 6.92 Å². The molecule has 0 amide bonds. The molecule has 0 atom stereocenters. The molecule has 6 aromatic carbocycles. The van der Waals surface area contributed by atoms with Crippen molar-refractivity contribution >= 4 is 99.9 Å². The molecule has 13 rings (SSSR count). The fourth-order valence-corrected chi connectivity index (χ4v) is 15.3. The summed E-state index contributed by atoms with van der Waals surface area (Å²) in [7, 11) is 0. The van der Waals surface area contributed by atoms with Gasteiger partial charge in [0.15, 0.2) is 0 Å². The van der Waals surface area contributed by atoms with Crippen molar-refractivity contribution in [3.63, 3.8) is 0 Å². The summed E-state index contributed by atoms with van der Waals surface area (Å²) >= 11 is 2.06. The number of hydrogen-bond acceptors (Lipinski definition) is 4. The Morgan fingerprint density at radius 2 is 1.01 bits per heavy atom. The van der Waals surface area contributed by atoms with Crippen molar-refractivity contribution in [2.24, 2.45) is 0 Å². The summed E-state index contributed by atoms with van der Waals surface area (Å²) in [6.45, 7) is 32.1. The smallest absolute Gasteiger partial charge is 0.264 e. The van der Waals surface area contributed by atoms with E-state index in [9.17, 15) is 0 Å². The molecule has 3 nitrogen and oxygen atoms in total. The summed E-state index contributed by atoms with van der Waals surface area (Å²) in [5.41, 5.74) is 23.2. The number of aryl methyl sites for hydroxylation is 1. The van der Waals surface area contributed by atoms with Gasteiger partial charge in [0.1, 0.15) is 11.2 Å². The zero-order valence-corrected chi connectivity index (χ0v) is 43.6. The zero-order valence-electron chi connectivity index (χ0n) is 42.8. The van der Waals surface area contributed by atoms with Gasteiger partial charge in [0.2, 0.25) is 0 Å². The zero-order chi connectivity index (χ0) is 47.4. The van der Waals surface area contributed by atoms with Gasteiger partial charge in [-0.3, -0.25) is 0 Å². The molecule has 0 N–H and O–H groups in total. The number of anilines is 6. The molecule has 0 spiro atoms. The third kappa shape index (κ3) is 5.78. The number of nitrogens with zero attached hydrogens (tertiary/aromatic N) is 2. The lowest BCUT2D eigenvalue weighted by Crippen LogP contribution is -2.61.